The lowest BCUT2D eigenvalue weighted by molar-refractivity contribution is -0.136. The van der Waals surface area contributed by atoms with E-state index in [4.69, 9.17) is 9.84 Å². The van der Waals surface area contributed by atoms with Gasteiger partial charge in [0.25, 0.3) is 0 Å². The van der Waals surface area contributed by atoms with Crippen LogP contribution in [0.4, 0.5) is 4.39 Å². The molecule has 88 valence electrons. The number of hydrogen-bond donors (Lipinski definition) is 1. The van der Waals surface area contributed by atoms with E-state index in [-0.39, 0.29) is 17.8 Å². The fourth-order valence-corrected chi connectivity index (χ4v) is 1.66. The molecule has 1 aromatic carbocycles. The van der Waals surface area contributed by atoms with Gasteiger partial charge in [0, 0.05) is 10.9 Å². The summed E-state index contributed by atoms with van der Waals surface area (Å²) < 4.78 is 18.4. The van der Waals surface area contributed by atoms with Crippen LogP contribution in [-0.4, -0.2) is 23.2 Å². The van der Waals surface area contributed by atoms with Crippen LogP contribution in [0.5, 0.6) is 5.88 Å². The van der Waals surface area contributed by atoms with Crippen molar-refractivity contribution in [1.29, 1.82) is 0 Å². The minimum absolute atomic E-state index is 0.144. The summed E-state index contributed by atoms with van der Waals surface area (Å²) >= 11 is 0. The summed E-state index contributed by atoms with van der Waals surface area (Å²) in [7, 11) is 1.38. The Morgan fingerprint density at radius 1 is 1.53 bits per heavy atom. The van der Waals surface area contributed by atoms with E-state index in [1.54, 1.807) is 18.2 Å². The van der Waals surface area contributed by atoms with Crippen LogP contribution < -0.4 is 4.74 Å². The number of para-hydroxylation sites is 1. The molecular weight excluding hydrogens is 225 g/mol. The molecule has 0 unspecified atom stereocenters. The first kappa shape index (κ1) is 11.3. The van der Waals surface area contributed by atoms with Gasteiger partial charge in [-0.1, -0.05) is 12.1 Å². The van der Waals surface area contributed by atoms with Crippen molar-refractivity contribution in [2.75, 3.05) is 7.11 Å². The van der Waals surface area contributed by atoms with Crippen molar-refractivity contribution >= 4 is 16.9 Å². The van der Waals surface area contributed by atoms with Gasteiger partial charge in [-0.2, -0.15) is 0 Å². The van der Waals surface area contributed by atoms with Crippen LogP contribution in [0.25, 0.3) is 10.9 Å². The monoisotopic (exact) mass is 235 g/mol. The number of hydrogen-bond acceptors (Lipinski definition) is 3. The number of aliphatic carboxylic acids is 1. The molecule has 2 aromatic rings. The number of benzene rings is 1. The Kier molecular flexibility index (Phi) is 2.91. The molecule has 0 spiro atoms. The van der Waals surface area contributed by atoms with Crippen LogP contribution in [0.1, 0.15) is 5.56 Å². The number of nitrogens with zero attached hydrogens (tertiary/aromatic N) is 1. The van der Waals surface area contributed by atoms with Crippen molar-refractivity contribution < 1.29 is 19.0 Å². The molecule has 5 heteroatoms. The number of pyridine rings is 1. The summed E-state index contributed by atoms with van der Waals surface area (Å²) in [5, 5.41) is 9.31. The van der Waals surface area contributed by atoms with Crippen LogP contribution in [0.2, 0.25) is 0 Å². The maximum Gasteiger partial charge on any atom is 0.308 e. The summed E-state index contributed by atoms with van der Waals surface area (Å²) in [5.41, 5.74) is 0.608. The van der Waals surface area contributed by atoms with Crippen LogP contribution in [-0.2, 0) is 11.2 Å². The number of carboxylic acids is 1. The maximum atomic E-state index is 13.5. The number of carbonyl (C=O) groups is 1. The number of rotatable bonds is 3. The first-order chi connectivity index (χ1) is 8.11. The van der Waals surface area contributed by atoms with E-state index in [1.165, 1.54) is 13.2 Å². The van der Waals surface area contributed by atoms with Gasteiger partial charge in [-0.25, -0.2) is 9.37 Å². The van der Waals surface area contributed by atoms with Crippen LogP contribution in [0, 0.1) is 5.82 Å². The predicted molar refractivity (Wildman–Crippen MR) is 59.6 cm³/mol. The van der Waals surface area contributed by atoms with Crippen molar-refractivity contribution in [2.45, 2.75) is 6.42 Å². The molecular formula is C12H10FNO3. The lowest BCUT2D eigenvalue weighted by atomic mass is 10.1. The second-order valence-corrected chi connectivity index (χ2v) is 3.54. The average molecular weight is 235 g/mol. The quantitative estimate of drug-likeness (QED) is 0.884. The molecule has 4 nitrogen and oxygen atoms in total. The van der Waals surface area contributed by atoms with E-state index in [0.29, 0.717) is 10.9 Å². The molecule has 0 saturated carbocycles. The number of carboxylic acid groups (broad SMARTS) is 1. The second kappa shape index (κ2) is 4.37. The summed E-state index contributed by atoms with van der Waals surface area (Å²) in [5.74, 6) is -1.30. The third kappa shape index (κ3) is 2.18. The van der Waals surface area contributed by atoms with Crippen LogP contribution in [0.3, 0.4) is 0 Å². The highest BCUT2D eigenvalue weighted by atomic mass is 19.1. The van der Waals surface area contributed by atoms with Gasteiger partial charge >= 0.3 is 5.97 Å². The first-order valence-corrected chi connectivity index (χ1v) is 4.95. The van der Waals surface area contributed by atoms with Crippen molar-refractivity contribution in [2.24, 2.45) is 0 Å². The van der Waals surface area contributed by atoms with Gasteiger partial charge in [0.2, 0.25) is 5.88 Å². The van der Waals surface area contributed by atoms with Crippen LogP contribution >= 0.6 is 0 Å². The zero-order chi connectivity index (χ0) is 12.4. The second-order valence-electron chi connectivity index (χ2n) is 3.54. The van der Waals surface area contributed by atoms with E-state index in [9.17, 15) is 9.18 Å². The Labute approximate surface area is 96.7 Å². The third-order valence-corrected chi connectivity index (χ3v) is 2.37. The van der Waals surface area contributed by atoms with Gasteiger partial charge in [-0.15, -0.1) is 0 Å². The third-order valence-electron chi connectivity index (χ3n) is 2.37. The molecule has 17 heavy (non-hydrogen) atoms. The zero-order valence-electron chi connectivity index (χ0n) is 9.11. The van der Waals surface area contributed by atoms with Crippen molar-refractivity contribution in [3.63, 3.8) is 0 Å². The molecule has 0 aliphatic carbocycles. The highest BCUT2D eigenvalue weighted by Gasteiger charge is 2.12. The maximum absolute atomic E-state index is 13.5. The molecule has 0 aliphatic rings. The van der Waals surface area contributed by atoms with Gasteiger partial charge in [0.1, 0.15) is 11.3 Å². The SMILES string of the molecule is COc1nc2c(F)cccc2cc1CC(=O)O. The molecule has 0 aliphatic heterocycles. The molecule has 1 heterocycles. The summed E-state index contributed by atoms with van der Waals surface area (Å²) in [6.07, 6.45) is -0.206. The molecule has 0 bridgehead atoms. The lowest BCUT2D eigenvalue weighted by Crippen LogP contribution is -2.04. The van der Waals surface area contributed by atoms with E-state index >= 15 is 0 Å². The van der Waals surface area contributed by atoms with Crippen molar-refractivity contribution in [1.82, 2.24) is 4.98 Å². The molecule has 0 saturated heterocycles. The number of methoxy groups -OCH3 is 1. The molecule has 0 amide bonds. The number of fused-ring (bicyclic) bond motifs is 1. The predicted octanol–water partition coefficient (Wildman–Crippen LogP) is 2.01. The molecule has 0 radical (unpaired) electrons. The Bertz CT molecular complexity index is 583. The van der Waals surface area contributed by atoms with Gasteiger partial charge in [-0.05, 0) is 12.1 Å². The standard InChI is InChI=1S/C12H10FNO3/c1-17-12-8(6-10(15)16)5-7-3-2-4-9(13)11(7)14-12/h2-5H,6H2,1H3,(H,15,16). The Morgan fingerprint density at radius 3 is 2.94 bits per heavy atom. The molecule has 0 fully saturated rings. The normalized spacial score (nSPS) is 10.5. The minimum atomic E-state index is -0.985. The molecule has 2 rings (SSSR count). The highest BCUT2D eigenvalue weighted by Crippen LogP contribution is 2.24. The number of aromatic nitrogens is 1. The van der Waals surface area contributed by atoms with E-state index in [2.05, 4.69) is 4.98 Å². The first-order valence-electron chi connectivity index (χ1n) is 4.95. The Hall–Kier alpha value is -2.17. The topological polar surface area (TPSA) is 59.4 Å². The smallest absolute Gasteiger partial charge is 0.308 e. The lowest BCUT2D eigenvalue weighted by Gasteiger charge is -2.07. The zero-order valence-corrected chi connectivity index (χ0v) is 9.11. The fraction of sp³-hybridized carbons (Fsp3) is 0.167. The summed E-state index contributed by atoms with van der Waals surface area (Å²) in [6.45, 7) is 0. The molecule has 0 atom stereocenters. The Balaban J connectivity index is 2.64. The van der Waals surface area contributed by atoms with Crippen molar-refractivity contribution in [3.8, 4) is 5.88 Å². The summed E-state index contributed by atoms with van der Waals surface area (Å²) in [6, 6.07) is 6.11. The average Bonchev–Trinajstić information content (AvgIpc) is 2.28. The fourth-order valence-electron chi connectivity index (χ4n) is 1.66. The Morgan fingerprint density at radius 2 is 2.29 bits per heavy atom. The number of halogens is 1. The van der Waals surface area contributed by atoms with Crippen molar-refractivity contribution in [3.05, 3.63) is 35.6 Å². The van der Waals surface area contributed by atoms with Gasteiger partial charge < -0.3 is 9.84 Å². The van der Waals surface area contributed by atoms with E-state index < -0.39 is 11.8 Å². The van der Waals surface area contributed by atoms with E-state index in [0.717, 1.165) is 0 Å². The summed E-state index contributed by atoms with van der Waals surface area (Å²) in [4.78, 5) is 14.7. The highest BCUT2D eigenvalue weighted by molar-refractivity contribution is 5.82. The minimum Gasteiger partial charge on any atom is -0.481 e. The van der Waals surface area contributed by atoms with Crippen LogP contribution in [0.15, 0.2) is 24.3 Å². The van der Waals surface area contributed by atoms with Gasteiger partial charge in [-0.3, -0.25) is 4.79 Å². The number of ether oxygens (including phenoxy) is 1. The van der Waals surface area contributed by atoms with Gasteiger partial charge in [0.05, 0.1) is 13.5 Å². The van der Waals surface area contributed by atoms with E-state index in [1.807, 2.05) is 0 Å². The van der Waals surface area contributed by atoms with Gasteiger partial charge in [0.15, 0.2) is 0 Å². The molecule has 1 aromatic heterocycles. The largest absolute Gasteiger partial charge is 0.481 e. The molecule has 1 N–H and O–H groups in total.